The van der Waals surface area contributed by atoms with E-state index in [2.05, 4.69) is 11.9 Å². The Kier molecular flexibility index (Phi) is 4.44. The van der Waals surface area contributed by atoms with Gasteiger partial charge in [0.1, 0.15) is 11.5 Å². The second-order valence-electron chi connectivity index (χ2n) is 5.40. The highest BCUT2D eigenvalue weighted by Crippen LogP contribution is 2.25. The fraction of sp³-hybridized carbons (Fsp3) is 0.222. The van der Waals surface area contributed by atoms with Gasteiger partial charge < -0.3 is 0 Å². The van der Waals surface area contributed by atoms with Crippen molar-refractivity contribution < 1.29 is 4.39 Å². The third-order valence-corrected chi connectivity index (χ3v) is 4.09. The SMILES string of the molecule is CCCCc1nc2ccccn2c(=O)c1-c1ccc(Cl)c(F)c1. The molecule has 3 nitrogen and oxygen atoms in total. The third-order valence-electron chi connectivity index (χ3n) is 3.78. The molecule has 0 bridgehead atoms. The number of nitrogens with zero attached hydrogens (tertiary/aromatic N) is 2. The Morgan fingerprint density at radius 3 is 2.83 bits per heavy atom. The maximum Gasteiger partial charge on any atom is 0.265 e. The fourth-order valence-electron chi connectivity index (χ4n) is 2.60. The Balaban J connectivity index is 2.29. The van der Waals surface area contributed by atoms with Crippen LogP contribution in [-0.4, -0.2) is 9.38 Å². The molecule has 0 aliphatic rings. The molecule has 3 aromatic rings. The zero-order valence-corrected chi connectivity index (χ0v) is 13.5. The van der Waals surface area contributed by atoms with E-state index in [0.29, 0.717) is 28.9 Å². The van der Waals surface area contributed by atoms with Crippen molar-refractivity contribution in [2.75, 3.05) is 0 Å². The molecular weight excluding hydrogens is 315 g/mol. The molecular formula is C18H16ClFN2O. The molecule has 23 heavy (non-hydrogen) atoms. The summed E-state index contributed by atoms with van der Waals surface area (Å²) in [5.74, 6) is -0.539. The minimum absolute atomic E-state index is 0.0395. The van der Waals surface area contributed by atoms with Crippen LogP contribution < -0.4 is 5.56 Å². The van der Waals surface area contributed by atoms with Crippen LogP contribution in [0.15, 0.2) is 47.4 Å². The maximum absolute atomic E-state index is 13.8. The summed E-state index contributed by atoms with van der Waals surface area (Å²) in [5.41, 5.74) is 2.06. The number of benzene rings is 1. The van der Waals surface area contributed by atoms with E-state index in [1.54, 1.807) is 24.4 Å². The lowest BCUT2D eigenvalue weighted by atomic mass is 10.0. The molecule has 0 N–H and O–H groups in total. The number of rotatable bonds is 4. The van der Waals surface area contributed by atoms with E-state index >= 15 is 0 Å². The van der Waals surface area contributed by atoms with E-state index in [1.807, 2.05) is 6.07 Å². The molecule has 0 amide bonds. The lowest BCUT2D eigenvalue weighted by Gasteiger charge is -2.11. The van der Waals surface area contributed by atoms with Crippen LogP contribution in [0.2, 0.25) is 5.02 Å². The summed E-state index contributed by atoms with van der Waals surface area (Å²) in [6, 6.07) is 9.83. The summed E-state index contributed by atoms with van der Waals surface area (Å²) < 4.78 is 15.3. The van der Waals surface area contributed by atoms with E-state index in [4.69, 9.17) is 11.6 Å². The predicted octanol–water partition coefficient (Wildman–Crippen LogP) is 4.50. The average molecular weight is 331 g/mol. The van der Waals surface area contributed by atoms with Crippen LogP contribution in [0, 0.1) is 5.82 Å². The second kappa shape index (κ2) is 6.50. The Morgan fingerprint density at radius 2 is 2.09 bits per heavy atom. The van der Waals surface area contributed by atoms with Gasteiger partial charge in [0.25, 0.3) is 5.56 Å². The Bertz CT molecular complexity index is 921. The van der Waals surface area contributed by atoms with Crippen LogP contribution in [0.5, 0.6) is 0 Å². The first-order valence-electron chi connectivity index (χ1n) is 7.57. The molecule has 2 aromatic heterocycles. The Morgan fingerprint density at radius 1 is 1.26 bits per heavy atom. The maximum atomic E-state index is 13.8. The van der Waals surface area contributed by atoms with Gasteiger partial charge in [-0.15, -0.1) is 0 Å². The summed E-state index contributed by atoms with van der Waals surface area (Å²) >= 11 is 5.75. The summed E-state index contributed by atoms with van der Waals surface area (Å²) in [6.45, 7) is 2.08. The average Bonchev–Trinajstić information content (AvgIpc) is 2.56. The molecule has 0 unspecified atom stereocenters. The minimum atomic E-state index is -0.539. The number of aromatic nitrogens is 2. The zero-order valence-electron chi connectivity index (χ0n) is 12.7. The van der Waals surface area contributed by atoms with Crippen LogP contribution in [0.1, 0.15) is 25.5 Å². The van der Waals surface area contributed by atoms with E-state index in [0.717, 1.165) is 12.8 Å². The molecule has 2 heterocycles. The summed E-state index contributed by atoms with van der Waals surface area (Å²) in [6.07, 6.45) is 4.25. The van der Waals surface area contributed by atoms with E-state index in [9.17, 15) is 9.18 Å². The largest absolute Gasteiger partial charge is 0.268 e. The monoisotopic (exact) mass is 330 g/mol. The molecule has 3 rings (SSSR count). The van der Waals surface area contributed by atoms with Crippen LogP contribution in [-0.2, 0) is 6.42 Å². The topological polar surface area (TPSA) is 34.4 Å². The smallest absolute Gasteiger partial charge is 0.265 e. The standard InChI is InChI=1S/C18H16ClFN2O/c1-2-3-6-15-17(12-8-9-13(19)14(20)11-12)18(23)22-10-5-4-7-16(22)21-15/h4-5,7-11H,2-3,6H2,1H3. The first-order chi connectivity index (χ1) is 11.1. The number of hydrogen-bond acceptors (Lipinski definition) is 2. The van der Waals surface area contributed by atoms with Crippen molar-refractivity contribution in [1.82, 2.24) is 9.38 Å². The number of pyridine rings is 1. The highest BCUT2D eigenvalue weighted by atomic mass is 35.5. The number of hydrogen-bond donors (Lipinski definition) is 0. The molecule has 0 aliphatic heterocycles. The van der Waals surface area contributed by atoms with Crippen LogP contribution in [0.25, 0.3) is 16.8 Å². The molecule has 0 radical (unpaired) electrons. The lowest BCUT2D eigenvalue weighted by Crippen LogP contribution is -2.20. The molecule has 0 saturated heterocycles. The third kappa shape index (κ3) is 2.99. The van der Waals surface area contributed by atoms with Gasteiger partial charge in [-0.2, -0.15) is 0 Å². The highest BCUT2D eigenvalue weighted by molar-refractivity contribution is 6.30. The zero-order chi connectivity index (χ0) is 16.4. The van der Waals surface area contributed by atoms with Crippen LogP contribution >= 0.6 is 11.6 Å². The van der Waals surface area contributed by atoms with Gasteiger partial charge in [-0.25, -0.2) is 9.37 Å². The number of aryl methyl sites for hydroxylation is 1. The van der Waals surface area contributed by atoms with Gasteiger partial charge in [-0.3, -0.25) is 9.20 Å². The molecule has 5 heteroatoms. The Labute approximate surface area is 138 Å². The quantitative estimate of drug-likeness (QED) is 0.706. The molecule has 0 spiro atoms. The second-order valence-corrected chi connectivity index (χ2v) is 5.81. The van der Waals surface area contributed by atoms with Crippen LogP contribution in [0.4, 0.5) is 4.39 Å². The van der Waals surface area contributed by atoms with Gasteiger partial charge in [0.05, 0.1) is 16.3 Å². The van der Waals surface area contributed by atoms with Gasteiger partial charge in [0, 0.05) is 6.20 Å². The van der Waals surface area contributed by atoms with Gasteiger partial charge >= 0.3 is 0 Å². The van der Waals surface area contributed by atoms with Gasteiger partial charge in [0.15, 0.2) is 0 Å². The normalized spacial score (nSPS) is 11.1. The molecule has 0 fully saturated rings. The van der Waals surface area contributed by atoms with E-state index < -0.39 is 5.82 Å². The lowest BCUT2D eigenvalue weighted by molar-refractivity contribution is 0.628. The molecule has 0 aliphatic carbocycles. The van der Waals surface area contributed by atoms with E-state index in [-0.39, 0.29) is 10.6 Å². The van der Waals surface area contributed by atoms with Crippen molar-refractivity contribution in [3.63, 3.8) is 0 Å². The van der Waals surface area contributed by atoms with Gasteiger partial charge in [-0.1, -0.05) is 37.1 Å². The molecule has 1 aromatic carbocycles. The molecule has 0 atom stereocenters. The number of halogens is 2. The minimum Gasteiger partial charge on any atom is -0.268 e. The molecule has 118 valence electrons. The van der Waals surface area contributed by atoms with Crippen molar-refractivity contribution in [3.05, 3.63) is 69.5 Å². The van der Waals surface area contributed by atoms with Crippen molar-refractivity contribution in [2.45, 2.75) is 26.2 Å². The fourth-order valence-corrected chi connectivity index (χ4v) is 2.72. The summed E-state index contributed by atoms with van der Waals surface area (Å²) in [7, 11) is 0. The van der Waals surface area contributed by atoms with Gasteiger partial charge in [0.2, 0.25) is 0 Å². The van der Waals surface area contributed by atoms with Crippen molar-refractivity contribution in [3.8, 4) is 11.1 Å². The van der Waals surface area contributed by atoms with Crippen molar-refractivity contribution in [1.29, 1.82) is 0 Å². The first kappa shape index (κ1) is 15.7. The number of fused-ring (bicyclic) bond motifs is 1. The predicted molar refractivity (Wildman–Crippen MR) is 90.5 cm³/mol. The Hall–Kier alpha value is -2.20. The van der Waals surface area contributed by atoms with Crippen molar-refractivity contribution >= 4 is 17.2 Å². The summed E-state index contributed by atoms with van der Waals surface area (Å²) in [5, 5.41) is 0.0395. The van der Waals surface area contributed by atoms with Gasteiger partial charge in [-0.05, 0) is 42.7 Å². The van der Waals surface area contributed by atoms with Crippen molar-refractivity contribution in [2.24, 2.45) is 0 Å². The number of unbranched alkanes of at least 4 members (excludes halogenated alkanes) is 1. The van der Waals surface area contributed by atoms with E-state index in [1.165, 1.54) is 16.5 Å². The molecule has 0 saturated carbocycles. The highest BCUT2D eigenvalue weighted by Gasteiger charge is 2.15. The van der Waals surface area contributed by atoms with Crippen LogP contribution in [0.3, 0.4) is 0 Å². The first-order valence-corrected chi connectivity index (χ1v) is 7.95. The summed E-state index contributed by atoms with van der Waals surface area (Å²) in [4.78, 5) is 17.5.